The van der Waals surface area contributed by atoms with Gasteiger partial charge in [0.2, 0.25) is 5.91 Å². The number of benzene rings is 1. The average Bonchev–Trinajstić information content (AvgIpc) is 2.18. The van der Waals surface area contributed by atoms with Crippen molar-refractivity contribution in [3.8, 4) is 0 Å². The molecule has 1 atom stereocenters. The van der Waals surface area contributed by atoms with E-state index in [-0.39, 0.29) is 17.6 Å². The molecule has 76 valence electrons. The van der Waals surface area contributed by atoms with Crippen LogP contribution in [0.15, 0.2) is 24.3 Å². The highest BCUT2D eigenvalue weighted by Gasteiger charge is 2.13. The van der Waals surface area contributed by atoms with Crippen molar-refractivity contribution in [2.45, 2.75) is 19.8 Å². The molecule has 1 N–H and O–H groups in total. The Kier molecular flexibility index (Phi) is 3.63. The third kappa shape index (κ3) is 2.55. The Hall–Kier alpha value is -1.38. The predicted molar refractivity (Wildman–Crippen MR) is 53.5 cm³/mol. The van der Waals surface area contributed by atoms with Gasteiger partial charge in [-0.05, 0) is 31.5 Å². The number of likely N-dealkylation sites (N-methyl/N-ethyl adjacent to an activating group) is 1. The molecule has 0 aromatic heterocycles. The Morgan fingerprint density at radius 1 is 1.43 bits per heavy atom. The summed E-state index contributed by atoms with van der Waals surface area (Å²) in [5, 5.41) is 2.73. The number of nitrogens with one attached hydrogen (secondary N) is 1. The zero-order chi connectivity index (χ0) is 10.6. The van der Waals surface area contributed by atoms with Crippen LogP contribution in [0.25, 0.3) is 0 Å². The summed E-state index contributed by atoms with van der Waals surface area (Å²) in [7, 11) is 0. The molecule has 1 aromatic rings. The predicted octanol–water partition coefficient (Wildman–Crippen LogP) is 2.07. The van der Waals surface area contributed by atoms with Gasteiger partial charge in [0.05, 0.1) is 5.92 Å². The summed E-state index contributed by atoms with van der Waals surface area (Å²) in [5.74, 6) is -0.536. The molecule has 0 heterocycles. The summed E-state index contributed by atoms with van der Waals surface area (Å²) in [6, 6.07) is 6.00. The minimum Gasteiger partial charge on any atom is -0.356 e. The van der Waals surface area contributed by atoms with E-state index in [1.807, 2.05) is 6.92 Å². The van der Waals surface area contributed by atoms with Gasteiger partial charge in [0.15, 0.2) is 0 Å². The monoisotopic (exact) mass is 195 g/mol. The van der Waals surface area contributed by atoms with Crippen molar-refractivity contribution >= 4 is 5.91 Å². The molecule has 0 aliphatic heterocycles. The second kappa shape index (κ2) is 4.74. The molecule has 0 saturated heterocycles. The zero-order valence-electron chi connectivity index (χ0n) is 8.38. The topological polar surface area (TPSA) is 29.1 Å². The maximum absolute atomic E-state index is 12.6. The molecule has 1 aromatic carbocycles. The lowest BCUT2D eigenvalue weighted by atomic mass is 10.0. The maximum atomic E-state index is 12.6. The van der Waals surface area contributed by atoms with Crippen LogP contribution in [-0.2, 0) is 4.79 Å². The van der Waals surface area contributed by atoms with E-state index in [1.54, 1.807) is 19.1 Å². The van der Waals surface area contributed by atoms with Gasteiger partial charge in [-0.25, -0.2) is 4.39 Å². The van der Waals surface area contributed by atoms with Crippen molar-refractivity contribution in [2.24, 2.45) is 0 Å². The molecule has 3 heteroatoms. The smallest absolute Gasteiger partial charge is 0.227 e. The summed E-state index contributed by atoms with van der Waals surface area (Å²) >= 11 is 0. The minimum absolute atomic E-state index is 0.0286. The second-order valence-corrected chi connectivity index (χ2v) is 3.17. The first-order valence-corrected chi connectivity index (χ1v) is 4.68. The molecular weight excluding hydrogens is 181 g/mol. The van der Waals surface area contributed by atoms with Crippen LogP contribution >= 0.6 is 0 Å². The van der Waals surface area contributed by atoms with Crippen molar-refractivity contribution in [1.29, 1.82) is 0 Å². The number of hydrogen-bond donors (Lipinski definition) is 1. The van der Waals surface area contributed by atoms with E-state index in [9.17, 15) is 9.18 Å². The van der Waals surface area contributed by atoms with Crippen LogP contribution in [0.1, 0.15) is 25.3 Å². The lowest BCUT2D eigenvalue weighted by Gasteiger charge is -2.10. The van der Waals surface area contributed by atoms with Crippen LogP contribution in [0.5, 0.6) is 0 Å². The van der Waals surface area contributed by atoms with Gasteiger partial charge in [-0.2, -0.15) is 0 Å². The Balaban J connectivity index is 2.73. The summed E-state index contributed by atoms with van der Waals surface area (Å²) in [6.45, 7) is 4.29. The maximum Gasteiger partial charge on any atom is 0.227 e. The quantitative estimate of drug-likeness (QED) is 0.786. The molecule has 0 radical (unpaired) electrons. The van der Waals surface area contributed by atoms with Crippen molar-refractivity contribution in [3.63, 3.8) is 0 Å². The molecule has 0 aliphatic carbocycles. The zero-order valence-corrected chi connectivity index (χ0v) is 8.38. The fourth-order valence-corrected chi connectivity index (χ4v) is 1.23. The fourth-order valence-electron chi connectivity index (χ4n) is 1.23. The Labute approximate surface area is 83.1 Å². The van der Waals surface area contributed by atoms with Crippen LogP contribution in [0.4, 0.5) is 4.39 Å². The van der Waals surface area contributed by atoms with E-state index in [2.05, 4.69) is 5.32 Å². The van der Waals surface area contributed by atoms with E-state index in [4.69, 9.17) is 0 Å². The van der Waals surface area contributed by atoms with Gasteiger partial charge >= 0.3 is 0 Å². The lowest BCUT2D eigenvalue weighted by molar-refractivity contribution is -0.122. The van der Waals surface area contributed by atoms with Crippen molar-refractivity contribution in [1.82, 2.24) is 5.32 Å². The van der Waals surface area contributed by atoms with E-state index in [1.165, 1.54) is 12.1 Å². The molecule has 0 aliphatic rings. The van der Waals surface area contributed by atoms with E-state index >= 15 is 0 Å². The molecule has 2 nitrogen and oxygen atoms in total. The Bertz CT molecular complexity index is 308. The van der Waals surface area contributed by atoms with Gasteiger partial charge in [0.1, 0.15) is 5.82 Å². The Morgan fingerprint density at radius 2 is 2.00 bits per heavy atom. The molecule has 1 amide bonds. The van der Waals surface area contributed by atoms with Crippen LogP contribution < -0.4 is 5.32 Å². The van der Waals surface area contributed by atoms with Crippen molar-refractivity contribution in [2.75, 3.05) is 6.54 Å². The molecule has 0 bridgehead atoms. The van der Waals surface area contributed by atoms with E-state index < -0.39 is 0 Å². The molecular formula is C11H14FNO. The number of carbonyl (C=O) groups excluding carboxylic acids is 1. The highest BCUT2D eigenvalue weighted by atomic mass is 19.1. The van der Waals surface area contributed by atoms with Crippen LogP contribution in [0.3, 0.4) is 0 Å². The van der Waals surface area contributed by atoms with Gasteiger partial charge in [0.25, 0.3) is 0 Å². The average molecular weight is 195 g/mol. The second-order valence-electron chi connectivity index (χ2n) is 3.17. The van der Waals surface area contributed by atoms with E-state index in [0.29, 0.717) is 6.54 Å². The van der Waals surface area contributed by atoms with Gasteiger partial charge in [-0.3, -0.25) is 4.79 Å². The lowest BCUT2D eigenvalue weighted by Crippen LogP contribution is -2.27. The van der Waals surface area contributed by atoms with Crippen LogP contribution in [0, 0.1) is 5.82 Å². The van der Waals surface area contributed by atoms with Gasteiger partial charge < -0.3 is 5.32 Å². The van der Waals surface area contributed by atoms with Crippen LogP contribution in [-0.4, -0.2) is 12.5 Å². The standard InChI is InChI=1S/C11H14FNO/c1-3-13-11(14)8(2)9-4-6-10(12)7-5-9/h4-8H,3H2,1-2H3,(H,13,14). The van der Waals surface area contributed by atoms with E-state index in [0.717, 1.165) is 5.56 Å². The van der Waals surface area contributed by atoms with Crippen molar-refractivity contribution in [3.05, 3.63) is 35.6 Å². The molecule has 1 rings (SSSR count). The fraction of sp³-hybridized carbons (Fsp3) is 0.364. The molecule has 14 heavy (non-hydrogen) atoms. The van der Waals surface area contributed by atoms with Gasteiger partial charge in [0, 0.05) is 6.54 Å². The largest absolute Gasteiger partial charge is 0.356 e. The molecule has 0 fully saturated rings. The highest BCUT2D eigenvalue weighted by Crippen LogP contribution is 2.15. The first-order valence-electron chi connectivity index (χ1n) is 4.68. The molecule has 0 spiro atoms. The molecule has 1 unspecified atom stereocenters. The SMILES string of the molecule is CCNC(=O)C(C)c1ccc(F)cc1. The molecule has 0 saturated carbocycles. The van der Waals surface area contributed by atoms with Gasteiger partial charge in [-0.15, -0.1) is 0 Å². The number of halogens is 1. The highest BCUT2D eigenvalue weighted by molar-refractivity contribution is 5.83. The number of rotatable bonds is 3. The Morgan fingerprint density at radius 3 is 2.50 bits per heavy atom. The first kappa shape index (κ1) is 10.7. The summed E-state index contributed by atoms with van der Waals surface area (Å²) < 4.78 is 12.6. The summed E-state index contributed by atoms with van der Waals surface area (Å²) in [4.78, 5) is 11.4. The van der Waals surface area contributed by atoms with Crippen molar-refractivity contribution < 1.29 is 9.18 Å². The normalized spacial score (nSPS) is 12.2. The first-order chi connectivity index (χ1) is 6.65. The summed E-state index contributed by atoms with van der Waals surface area (Å²) in [5.41, 5.74) is 0.831. The third-order valence-corrected chi connectivity index (χ3v) is 2.11. The third-order valence-electron chi connectivity index (χ3n) is 2.11. The number of carbonyl (C=O) groups is 1. The minimum atomic E-state index is -0.281. The van der Waals surface area contributed by atoms with Gasteiger partial charge in [-0.1, -0.05) is 12.1 Å². The number of hydrogen-bond acceptors (Lipinski definition) is 1. The van der Waals surface area contributed by atoms with Crippen LogP contribution in [0.2, 0.25) is 0 Å². The number of amides is 1. The summed E-state index contributed by atoms with van der Waals surface area (Å²) in [6.07, 6.45) is 0.